The lowest BCUT2D eigenvalue weighted by Crippen LogP contribution is -2.14. The average molecular weight is 242 g/mol. The van der Waals surface area contributed by atoms with Crippen LogP contribution in [0.4, 0.5) is 5.69 Å². The van der Waals surface area contributed by atoms with Gasteiger partial charge in [-0.25, -0.2) is 0 Å². The van der Waals surface area contributed by atoms with Crippen LogP contribution in [-0.2, 0) is 0 Å². The standard InChI is InChI=1S/C14H14N2O2/c1-10-12(7-5-9-15-10)16-14(17)11-6-3-4-8-13(11)18-2/h3-9H,1-2H3,(H,16,17). The van der Waals surface area contributed by atoms with Crippen LogP contribution in [0.5, 0.6) is 5.75 Å². The van der Waals surface area contributed by atoms with Gasteiger partial charge in [-0.15, -0.1) is 0 Å². The van der Waals surface area contributed by atoms with Crippen LogP contribution in [0.1, 0.15) is 16.1 Å². The molecule has 0 radical (unpaired) electrons. The van der Waals surface area contributed by atoms with Crippen molar-refractivity contribution >= 4 is 11.6 Å². The van der Waals surface area contributed by atoms with Gasteiger partial charge in [-0.05, 0) is 31.2 Å². The van der Waals surface area contributed by atoms with Crippen molar-refractivity contribution in [3.8, 4) is 5.75 Å². The number of methoxy groups -OCH3 is 1. The Hall–Kier alpha value is -2.36. The maximum atomic E-state index is 12.1. The summed E-state index contributed by atoms with van der Waals surface area (Å²) in [6.45, 7) is 1.85. The lowest BCUT2D eigenvalue weighted by molar-refractivity contribution is 0.102. The maximum Gasteiger partial charge on any atom is 0.259 e. The molecule has 0 atom stereocenters. The number of aromatic nitrogens is 1. The third-order valence-corrected chi connectivity index (χ3v) is 2.61. The van der Waals surface area contributed by atoms with Gasteiger partial charge in [-0.1, -0.05) is 12.1 Å². The largest absolute Gasteiger partial charge is 0.496 e. The van der Waals surface area contributed by atoms with Crippen molar-refractivity contribution in [2.45, 2.75) is 6.92 Å². The Morgan fingerprint density at radius 2 is 2.00 bits per heavy atom. The van der Waals surface area contributed by atoms with Gasteiger partial charge < -0.3 is 10.1 Å². The van der Waals surface area contributed by atoms with Crippen molar-refractivity contribution in [3.63, 3.8) is 0 Å². The van der Waals surface area contributed by atoms with E-state index in [4.69, 9.17) is 4.74 Å². The quantitative estimate of drug-likeness (QED) is 0.900. The monoisotopic (exact) mass is 242 g/mol. The van der Waals surface area contributed by atoms with Gasteiger partial charge in [0.2, 0.25) is 0 Å². The molecule has 0 unspecified atom stereocenters. The van der Waals surface area contributed by atoms with Gasteiger partial charge in [0.05, 0.1) is 24.1 Å². The van der Waals surface area contributed by atoms with Gasteiger partial charge in [0, 0.05) is 6.20 Å². The molecular formula is C14H14N2O2. The number of hydrogen-bond acceptors (Lipinski definition) is 3. The number of hydrogen-bond donors (Lipinski definition) is 1. The van der Waals surface area contributed by atoms with Crippen molar-refractivity contribution in [3.05, 3.63) is 53.9 Å². The zero-order chi connectivity index (χ0) is 13.0. The van der Waals surface area contributed by atoms with Crippen LogP contribution < -0.4 is 10.1 Å². The normalized spacial score (nSPS) is 9.89. The molecule has 0 saturated carbocycles. The summed E-state index contributed by atoms with van der Waals surface area (Å²) in [5.41, 5.74) is 1.98. The number of carbonyl (C=O) groups is 1. The van der Waals surface area contributed by atoms with E-state index in [1.165, 1.54) is 0 Å². The van der Waals surface area contributed by atoms with E-state index >= 15 is 0 Å². The SMILES string of the molecule is COc1ccccc1C(=O)Nc1cccnc1C. The number of para-hydroxylation sites is 1. The minimum absolute atomic E-state index is 0.205. The van der Waals surface area contributed by atoms with E-state index in [-0.39, 0.29) is 5.91 Å². The highest BCUT2D eigenvalue weighted by Gasteiger charge is 2.12. The van der Waals surface area contributed by atoms with E-state index in [0.29, 0.717) is 17.0 Å². The maximum absolute atomic E-state index is 12.1. The lowest BCUT2D eigenvalue weighted by Gasteiger charge is -2.10. The molecule has 0 fully saturated rings. The molecule has 2 aromatic rings. The fourth-order valence-electron chi connectivity index (χ4n) is 1.64. The number of nitrogens with zero attached hydrogens (tertiary/aromatic N) is 1. The van der Waals surface area contributed by atoms with Crippen LogP contribution in [0.25, 0.3) is 0 Å². The molecule has 92 valence electrons. The number of rotatable bonds is 3. The predicted octanol–water partition coefficient (Wildman–Crippen LogP) is 2.65. The first-order valence-electron chi connectivity index (χ1n) is 5.58. The summed E-state index contributed by atoms with van der Waals surface area (Å²) in [7, 11) is 1.54. The van der Waals surface area contributed by atoms with Crippen LogP contribution in [0.2, 0.25) is 0 Å². The number of anilines is 1. The molecule has 2 rings (SSSR count). The molecule has 0 aliphatic carbocycles. The van der Waals surface area contributed by atoms with Gasteiger partial charge in [0.1, 0.15) is 5.75 Å². The molecule has 1 amide bonds. The number of nitrogens with one attached hydrogen (secondary N) is 1. The molecule has 1 aromatic carbocycles. The van der Waals surface area contributed by atoms with E-state index in [1.54, 1.807) is 37.6 Å². The summed E-state index contributed by atoms with van der Waals surface area (Å²) in [5, 5.41) is 2.82. The number of pyridine rings is 1. The molecule has 1 N–H and O–H groups in total. The Kier molecular flexibility index (Phi) is 3.57. The number of carbonyl (C=O) groups excluding carboxylic acids is 1. The number of ether oxygens (including phenoxy) is 1. The molecule has 0 spiro atoms. The van der Waals surface area contributed by atoms with E-state index in [0.717, 1.165) is 5.69 Å². The third-order valence-electron chi connectivity index (χ3n) is 2.61. The highest BCUT2D eigenvalue weighted by atomic mass is 16.5. The van der Waals surface area contributed by atoms with Crippen LogP contribution in [-0.4, -0.2) is 18.0 Å². The molecule has 4 heteroatoms. The highest BCUT2D eigenvalue weighted by molar-refractivity contribution is 6.06. The lowest BCUT2D eigenvalue weighted by atomic mass is 10.2. The summed E-state index contributed by atoms with van der Waals surface area (Å²) < 4.78 is 5.16. The zero-order valence-corrected chi connectivity index (χ0v) is 10.3. The molecule has 1 heterocycles. The smallest absolute Gasteiger partial charge is 0.259 e. The molecule has 0 bridgehead atoms. The summed E-state index contributed by atoms with van der Waals surface area (Å²) >= 11 is 0. The fraction of sp³-hybridized carbons (Fsp3) is 0.143. The van der Waals surface area contributed by atoms with Gasteiger partial charge in [-0.3, -0.25) is 9.78 Å². The number of aryl methyl sites for hydroxylation is 1. The predicted molar refractivity (Wildman–Crippen MR) is 69.9 cm³/mol. The minimum atomic E-state index is -0.205. The van der Waals surface area contributed by atoms with Gasteiger partial charge in [0.25, 0.3) is 5.91 Å². The fourth-order valence-corrected chi connectivity index (χ4v) is 1.64. The number of benzene rings is 1. The first kappa shape index (κ1) is 12.1. The van der Waals surface area contributed by atoms with E-state index in [2.05, 4.69) is 10.3 Å². The van der Waals surface area contributed by atoms with Gasteiger partial charge in [0.15, 0.2) is 0 Å². The topological polar surface area (TPSA) is 51.2 Å². The highest BCUT2D eigenvalue weighted by Crippen LogP contribution is 2.19. The molecule has 0 saturated heterocycles. The molecule has 1 aromatic heterocycles. The van der Waals surface area contributed by atoms with Crippen LogP contribution in [0, 0.1) is 6.92 Å². The average Bonchev–Trinajstić information content (AvgIpc) is 2.41. The Balaban J connectivity index is 2.25. The first-order valence-corrected chi connectivity index (χ1v) is 5.58. The van der Waals surface area contributed by atoms with Crippen LogP contribution >= 0.6 is 0 Å². The Labute approximate surface area is 106 Å². The summed E-state index contributed by atoms with van der Waals surface area (Å²) in [6, 6.07) is 10.7. The summed E-state index contributed by atoms with van der Waals surface area (Å²) in [5.74, 6) is 0.347. The molecular weight excluding hydrogens is 228 g/mol. The number of amides is 1. The van der Waals surface area contributed by atoms with Gasteiger partial charge >= 0.3 is 0 Å². The van der Waals surface area contributed by atoms with Crippen LogP contribution in [0.3, 0.4) is 0 Å². The molecule has 4 nitrogen and oxygen atoms in total. The second-order valence-electron chi connectivity index (χ2n) is 3.79. The Morgan fingerprint density at radius 3 is 2.72 bits per heavy atom. The Morgan fingerprint density at radius 1 is 1.22 bits per heavy atom. The summed E-state index contributed by atoms with van der Waals surface area (Å²) in [6.07, 6.45) is 1.69. The first-order chi connectivity index (χ1) is 8.72. The van der Waals surface area contributed by atoms with Crippen LogP contribution in [0.15, 0.2) is 42.6 Å². The van der Waals surface area contributed by atoms with E-state index in [1.807, 2.05) is 19.1 Å². The minimum Gasteiger partial charge on any atom is -0.496 e. The van der Waals surface area contributed by atoms with Gasteiger partial charge in [-0.2, -0.15) is 0 Å². The zero-order valence-electron chi connectivity index (χ0n) is 10.3. The summed E-state index contributed by atoms with van der Waals surface area (Å²) in [4.78, 5) is 16.2. The van der Waals surface area contributed by atoms with E-state index < -0.39 is 0 Å². The third kappa shape index (κ3) is 2.48. The molecule has 18 heavy (non-hydrogen) atoms. The van der Waals surface area contributed by atoms with Crippen molar-refractivity contribution in [1.29, 1.82) is 0 Å². The Bertz CT molecular complexity index is 567. The van der Waals surface area contributed by atoms with Crippen molar-refractivity contribution in [2.24, 2.45) is 0 Å². The van der Waals surface area contributed by atoms with E-state index in [9.17, 15) is 4.79 Å². The second kappa shape index (κ2) is 5.31. The van der Waals surface area contributed by atoms with Crippen molar-refractivity contribution in [1.82, 2.24) is 4.98 Å². The van der Waals surface area contributed by atoms with Crippen molar-refractivity contribution < 1.29 is 9.53 Å². The second-order valence-corrected chi connectivity index (χ2v) is 3.79. The molecule has 0 aliphatic rings. The molecule has 0 aliphatic heterocycles. The van der Waals surface area contributed by atoms with Crippen molar-refractivity contribution in [2.75, 3.05) is 12.4 Å².